The molecule has 29 rings (SSSR count). The molecule has 133 heavy (non-hydrogen) atoms. The maximum atomic E-state index is 8.02. The number of aromatic nitrogens is 2. The van der Waals surface area contributed by atoms with E-state index in [2.05, 4.69) is 442 Å². The van der Waals surface area contributed by atoms with E-state index < -0.39 is 0 Å². The van der Waals surface area contributed by atoms with Gasteiger partial charge in [-0.15, -0.1) is 0 Å². The molecule has 7 heterocycles. The van der Waals surface area contributed by atoms with E-state index in [4.69, 9.17) is 4.42 Å². The SMILES string of the molecule is CC(C)(C)c1cc(N2c3cc4cc5c(cc4cc3B3c4c2cc2ccccc2c4-c2cc4ccccc4c4c6ccccc6n3c24)c2ccccc2c2c(-c3ccc4c(c3)oc3c6c7c(cc34)N(c3cc(C(C)(C)C)cc(C(C)(C)C)c3)c3cc4cc8c9ccccc9c9ccccc9c8cc4cc3B7n3c4ccccc4c4c7ccccc7cc-6c43)cccc52)cc(C(C)(C)C)c1. The molecule has 0 saturated carbocycles. The van der Waals surface area contributed by atoms with Crippen molar-refractivity contribution in [3.63, 3.8) is 0 Å². The number of anilines is 6. The lowest BCUT2D eigenvalue weighted by atomic mass is 9.44. The fraction of sp³-hybridized carbons (Fsp3) is 0.127. The van der Waals surface area contributed by atoms with Crippen molar-refractivity contribution >= 4 is 254 Å². The molecular formula is C126H92B2N4O. The molecule has 0 atom stereocenters. The number of rotatable bonds is 3. The van der Waals surface area contributed by atoms with Crippen LogP contribution in [0.15, 0.2) is 344 Å². The Morgan fingerprint density at radius 2 is 0.594 bits per heavy atom. The third-order valence-electron chi connectivity index (χ3n) is 31.3. The molecule has 0 aliphatic carbocycles. The fourth-order valence-electron chi connectivity index (χ4n) is 25.0. The molecule has 22 aromatic carbocycles. The first-order valence-electron chi connectivity index (χ1n) is 47.6. The van der Waals surface area contributed by atoms with Gasteiger partial charge in [-0.25, -0.2) is 0 Å². The highest BCUT2D eigenvalue weighted by Crippen LogP contribution is 2.57. The normalized spacial score (nSPS) is 13.8. The molecule has 628 valence electrons. The van der Waals surface area contributed by atoms with E-state index in [1.54, 1.807) is 0 Å². The molecular weight excluding hydrogens is 1610 g/mol. The predicted octanol–water partition coefficient (Wildman–Crippen LogP) is 32.2. The number of furan rings is 1. The lowest BCUT2D eigenvalue weighted by Crippen LogP contribution is -2.56. The van der Waals surface area contributed by atoms with Gasteiger partial charge in [-0.1, -0.05) is 314 Å². The molecule has 25 aromatic rings. The summed E-state index contributed by atoms with van der Waals surface area (Å²) in [7, 11) is 0. The lowest BCUT2D eigenvalue weighted by molar-refractivity contribution is 0.568. The van der Waals surface area contributed by atoms with Gasteiger partial charge >= 0.3 is 13.7 Å². The van der Waals surface area contributed by atoms with E-state index in [0.29, 0.717) is 0 Å². The van der Waals surface area contributed by atoms with Crippen LogP contribution in [0.4, 0.5) is 34.1 Å². The molecule has 0 bridgehead atoms. The minimum absolute atomic E-state index is 0.136. The van der Waals surface area contributed by atoms with Crippen LogP contribution in [0.2, 0.25) is 0 Å². The Labute approximate surface area is 771 Å². The van der Waals surface area contributed by atoms with Crippen LogP contribution in [-0.4, -0.2) is 22.7 Å². The van der Waals surface area contributed by atoms with Crippen LogP contribution in [0.1, 0.15) is 105 Å². The van der Waals surface area contributed by atoms with Crippen LogP contribution in [0.25, 0.3) is 217 Å². The standard InChI is InChI=1S/C126H92B2N4O/c1-123(2,3)77-62-78(124(4,5)6)65-81(64-77)129-108-60-76-55-100-94-45-29-44-83(113(94)93-41-24-23-40-91(93)99(100)53-74(76)56-104(108)127-118-110(129)58-71-32-15-16-33-84(71)114(118)102-50-69-30-13-17-34-85(69)115-95-42-25-27-46-106(95)131(127)120(102)115)72-48-49-92-101-68-111-119-117(122(101)133-112(92)61-72)103-51-70-31-14-18-35-86(70)116-96-43-26-28-47-107(96)132(121(103)116)128(119)105-57-73-52-97-89-38-21-19-36-87(89)88-37-20-22-39-90(88)98(97)54-75(73)59-109(105)130(111)82-66-79(125(7,8)9)63-80(67-82)126(10,11)12/h13-68H,1-12H3. The Hall–Kier alpha value is -15.2. The molecule has 4 aliphatic heterocycles. The summed E-state index contributed by atoms with van der Waals surface area (Å²) in [5.74, 6) is 0. The Morgan fingerprint density at radius 3 is 1.08 bits per heavy atom. The van der Waals surface area contributed by atoms with Gasteiger partial charge in [0.1, 0.15) is 11.2 Å². The Balaban J connectivity index is 0.683. The summed E-state index contributed by atoms with van der Waals surface area (Å²) in [5, 5.41) is 34.6. The highest BCUT2D eigenvalue weighted by atomic mass is 16.3. The van der Waals surface area contributed by atoms with E-state index in [1.165, 1.54) is 246 Å². The zero-order valence-electron chi connectivity index (χ0n) is 76.7. The second-order valence-electron chi connectivity index (χ2n) is 43.0. The Morgan fingerprint density at radius 1 is 0.233 bits per heavy atom. The molecule has 0 N–H and O–H groups in total. The summed E-state index contributed by atoms with van der Waals surface area (Å²) in [6.45, 7) is 28.0. The van der Waals surface area contributed by atoms with E-state index >= 15 is 0 Å². The summed E-state index contributed by atoms with van der Waals surface area (Å²) in [6, 6.07) is 133. The van der Waals surface area contributed by atoms with Crippen molar-refractivity contribution in [3.05, 3.63) is 362 Å². The average Bonchev–Trinajstić information content (AvgIpc) is 1.58. The summed E-state index contributed by atoms with van der Waals surface area (Å²) in [4.78, 5) is 5.37. The third kappa shape index (κ3) is 10.2. The van der Waals surface area contributed by atoms with Gasteiger partial charge in [0.15, 0.2) is 0 Å². The maximum absolute atomic E-state index is 8.02. The van der Waals surface area contributed by atoms with Crippen molar-refractivity contribution < 1.29 is 4.42 Å². The van der Waals surface area contributed by atoms with Crippen LogP contribution in [-0.2, 0) is 21.7 Å². The monoisotopic (exact) mass is 1700 g/mol. The van der Waals surface area contributed by atoms with E-state index in [9.17, 15) is 0 Å². The number of hydrogen-bond donors (Lipinski definition) is 0. The van der Waals surface area contributed by atoms with Gasteiger partial charge in [0.05, 0.1) is 0 Å². The number of fused-ring (bicyclic) bond motifs is 38. The highest BCUT2D eigenvalue weighted by Gasteiger charge is 2.48. The summed E-state index contributed by atoms with van der Waals surface area (Å²) < 4.78 is 13.5. The zero-order valence-corrected chi connectivity index (χ0v) is 76.7. The number of benzene rings is 22. The van der Waals surface area contributed by atoms with Gasteiger partial charge in [0.2, 0.25) is 0 Å². The van der Waals surface area contributed by atoms with Crippen molar-refractivity contribution in [2.45, 2.75) is 105 Å². The first-order valence-corrected chi connectivity index (χ1v) is 47.6. The number of para-hydroxylation sites is 2. The zero-order chi connectivity index (χ0) is 88.9. The van der Waals surface area contributed by atoms with Crippen molar-refractivity contribution in [1.82, 2.24) is 8.96 Å². The van der Waals surface area contributed by atoms with Gasteiger partial charge in [-0.05, 0) is 310 Å². The van der Waals surface area contributed by atoms with Crippen LogP contribution >= 0.6 is 0 Å². The fourth-order valence-corrected chi connectivity index (χ4v) is 25.0. The van der Waals surface area contributed by atoms with E-state index in [0.717, 1.165) is 50.0 Å². The summed E-state index contributed by atoms with van der Waals surface area (Å²) in [6.07, 6.45) is 0. The Bertz CT molecular complexity index is 9680. The van der Waals surface area contributed by atoms with Crippen LogP contribution < -0.4 is 31.7 Å². The molecule has 3 aromatic heterocycles. The number of hydrogen-bond acceptors (Lipinski definition) is 3. The third-order valence-corrected chi connectivity index (χ3v) is 31.3. The quantitative estimate of drug-likeness (QED) is 0.100. The Kier molecular flexibility index (Phi) is 14.7. The molecule has 5 nitrogen and oxygen atoms in total. The minimum Gasteiger partial charge on any atom is -0.455 e. The van der Waals surface area contributed by atoms with E-state index in [1.807, 2.05) is 0 Å². The van der Waals surface area contributed by atoms with Crippen LogP contribution in [0.5, 0.6) is 0 Å². The number of nitrogens with zero attached hydrogens (tertiary/aromatic N) is 4. The molecule has 0 fully saturated rings. The van der Waals surface area contributed by atoms with Crippen molar-refractivity contribution in [2.24, 2.45) is 0 Å². The molecule has 4 aliphatic rings. The van der Waals surface area contributed by atoms with Crippen LogP contribution in [0.3, 0.4) is 0 Å². The molecule has 7 heteroatoms. The van der Waals surface area contributed by atoms with Gasteiger partial charge in [0.25, 0.3) is 0 Å². The molecule has 0 radical (unpaired) electrons. The summed E-state index contributed by atoms with van der Waals surface area (Å²) >= 11 is 0. The first-order chi connectivity index (χ1) is 64.5. The van der Waals surface area contributed by atoms with Gasteiger partial charge in [0, 0.05) is 105 Å². The van der Waals surface area contributed by atoms with E-state index in [-0.39, 0.29) is 35.4 Å². The smallest absolute Gasteiger partial charge is 0.333 e. The van der Waals surface area contributed by atoms with Crippen molar-refractivity contribution in [2.75, 3.05) is 9.80 Å². The van der Waals surface area contributed by atoms with Crippen LogP contribution in [0, 0.1) is 0 Å². The topological polar surface area (TPSA) is 29.5 Å². The largest absolute Gasteiger partial charge is 0.455 e. The van der Waals surface area contributed by atoms with Crippen molar-refractivity contribution in [3.8, 4) is 33.4 Å². The molecule has 0 saturated heterocycles. The average molecular weight is 1700 g/mol. The molecule has 0 unspecified atom stereocenters. The van der Waals surface area contributed by atoms with Crippen molar-refractivity contribution in [1.29, 1.82) is 0 Å². The van der Waals surface area contributed by atoms with Gasteiger partial charge in [-0.3, -0.25) is 0 Å². The molecule has 0 amide bonds. The maximum Gasteiger partial charge on any atom is 0.333 e. The first kappa shape index (κ1) is 75.6. The summed E-state index contributed by atoms with van der Waals surface area (Å²) in [5.41, 5.74) is 30.8. The van der Waals surface area contributed by atoms with Gasteiger partial charge in [-0.2, -0.15) is 0 Å². The second kappa shape index (κ2) is 25.9. The molecule has 0 spiro atoms. The predicted molar refractivity (Wildman–Crippen MR) is 574 cm³/mol. The lowest BCUT2D eigenvalue weighted by Gasteiger charge is -2.42. The second-order valence-corrected chi connectivity index (χ2v) is 43.0. The minimum atomic E-state index is -0.266. The van der Waals surface area contributed by atoms with Gasteiger partial charge < -0.3 is 23.2 Å². The highest BCUT2D eigenvalue weighted by molar-refractivity contribution is 6.91.